The molecule has 3 nitrogen and oxygen atoms in total. The van der Waals surface area contributed by atoms with Crippen LogP contribution in [0.2, 0.25) is 0 Å². The van der Waals surface area contributed by atoms with E-state index in [1.54, 1.807) is 6.07 Å². The maximum absolute atomic E-state index is 12.1. The van der Waals surface area contributed by atoms with Gasteiger partial charge >= 0.3 is 5.51 Å². The normalized spacial score (nSPS) is 13.0. The summed E-state index contributed by atoms with van der Waals surface area (Å²) in [6.45, 7) is 4.10. The molecule has 0 heterocycles. The van der Waals surface area contributed by atoms with Crippen molar-refractivity contribution in [2.45, 2.75) is 31.8 Å². The average molecular weight is 323 g/mol. The number of hydrogen-bond acceptors (Lipinski definition) is 4. The molecule has 1 aromatic carbocycles. The summed E-state index contributed by atoms with van der Waals surface area (Å²) in [7, 11) is 0. The van der Waals surface area contributed by atoms with Crippen molar-refractivity contribution < 1.29 is 22.6 Å². The number of thioether (sulfide) groups is 1. The van der Waals surface area contributed by atoms with Crippen molar-refractivity contribution in [1.29, 1.82) is 0 Å². The number of benzene rings is 1. The Balaban J connectivity index is 2.75. The second-order valence-corrected chi connectivity index (χ2v) is 5.66. The number of nitrogens with two attached hydrogens (primary N) is 1. The Labute approximate surface area is 127 Å². The summed E-state index contributed by atoms with van der Waals surface area (Å²) in [5.41, 5.74) is 2.38. The van der Waals surface area contributed by atoms with Crippen LogP contribution in [0.15, 0.2) is 18.2 Å². The molecule has 0 aliphatic heterocycles. The van der Waals surface area contributed by atoms with Crippen LogP contribution in [-0.2, 0) is 6.42 Å². The van der Waals surface area contributed by atoms with Crippen molar-refractivity contribution in [3.8, 4) is 11.5 Å². The molecule has 0 aromatic heterocycles. The van der Waals surface area contributed by atoms with Gasteiger partial charge < -0.3 is 15.2 Å². The highest BCUT2D eigenvalue weighted by Gasteiger charge is 2.27. The van der Waals surface area contributed by atoms with Crippen LogP contribution in [0.25, 0.3) is 0 Å². The molecule has 1 aromatic rings. The molecule has 0 bridgehead atoms. The number of alkyl halides is 3. The van der Waals surface area contributed by atoms with Crippen LogP contribution in [0, 0.1) is 0 Å². The Morgan fingerprint density at radius 3 is 2.57 bits per heavy atom. The van der Waals surface area contributed by atoms with Crippen molar-refractivity contribution in [1.82, 2.24) is 0 Å². The molecule has 0 saturated carbocycles. The maximum Gasteiger partial charge on any atom is 0.441 e. The molecule has 0 saturated heterocycles. The summed E-state index contributed by atoms with van der Waals surface area (Å²) in [5.74, 6) is 0.855. The van der Waals surface area contributed by atoms with Crippen molar-refractivity contribution in [2.75, 3.05) is 19.0 Å². The van der Waals surface area contributed by atoms with Gasteiger partial charge in [-0.05, 0) is 43.7 Å². The summed E-state index contributed by atoms with van der Waals surface area (Å²) in [4.78, 5) is 0. The van der Waals surface area contributed by atoms with Gasteiger partial charge in [-0.2, -0.15) is 13.2 Å². The Morgan fingerprint density at radius 2 is 2.00 bits per heavy atom. The summed E-state index contributed by atoms with van der Waals surface area (Å²) in [6.07, 6.45) is 0.572. The predicted molar refractivity (Wildman–Crippen MR) is 79.0 cm³/mol. The van der Waals surface area contributed by atoms with Crippen LogP contribution < -0.4 is 15.2 Å². The van der Waals surface area contributed by atoms with E-state index in [1.807, 2.05) is 26.0 Å². The molecular weight excluding hydrogens is 303 g/mol. The lowest BCUT2D eigenvalue weighted by molar-refractivity contribution is -0.0329. The van der Waals surface area contributed by atoms with Crippen LogP contribution in [0.5, 0.6) is 11.5 Å². The molecule has 7 heteroatoms. The number of rotatable bonds is 8. The van der Waals surface area contributed by atoms with Gasteiger partial charge in [0.05, 0.1) is 13.2 Å². The van der Waals surface area contributed by atoms with E-state index in [9.17, 15) is 13.2 Å². The minimum atomic E-state index is -4.24. The highest BCUT2D eigenvalue weighted by atomic mass is 32.2. The monoisotopic (exact) mass is 323 g/mol. The zero-order chi connectivity index (χ0) is 15.9. The first-order valence-corrected chi connectivity index (χ1v) is 7.65. The topological polar surface area (TPSA) is 44.5 Å². The minimum Gasteiger partial charge on any atom is -0.490 e. The Hall–Kier alpha value is -1.08. The number of hydrogen-bond donors (Lipinski definition) is 1. The molecule has 0 spiro atoms. The van der Waals surface area contributed by atoms with E-state index < -0.39 is 5.51 Å². The second kappa shape index (κ2) is 8.38. The molecule has 0 amide bonds. The Kier molecular flexibility index (Phi) is 7.17. The molecule has 2 N–H and O–H groups in total. The molecule has 1 rings (SSSR count). The van der Waals surface area contributed by atoms with Crippen LogP contribution >= 0.6 is 11.8 Å². The van der Waals surface area contributed by atoms with Gasteiger partial charge in [-0.3, -0.25) is 0 Å². The van der Waals surface area contributed by atoms with Crippen LogP contribution in [-0.4, -0.2) is 30.5 Å². The van der Waals surface area contributed by atoms with Gasteiger partial charge in [0.15, 0.2) is 11.5 Å². The molecule has 0 radical (unpaired) electrons. The van der Waals surface area contributed by atoms with Crippen molar-refractivity contribution in [2.24, 2.45) is 5.73 Å². The van der Waals surface area contributed by atoms with Gasteiger partial charge in [0.1, 0.15) is 0 Å². The fraction of sp³-hybridized carbons (Fsp3) is 0.571. The molecule has 21 heavy (non-hydrogen) atoms. The van der Waals surface area contributed by atoms with E-state index >= 15 is 0 Å². The fourth-order valence-corrected chi connectivity index (χ4v) is 2.20. The SMILES string of the molecule is CCOc1cccc(CC(C)N)c1OCCSC(F)(F)F. The Morgan fingerprint density at radius 1 is 1.29 bits per heavy atom. The van der Waals surface area contributed by atoms with E-state index in [0.717, 1.165) is 5.56 Å². The van der Waals surface area contributed by atoms with Gasteiger partial charge in [-0.1, -0.05) is 12.1 Å². The lowest BCUT2D eigenvalue weighted by Crippen LogP contribution is -2.19. The summed E-state index contributed by atoms with van der Waals surface area (Å²) in [5, 5.41) is 0. The summed E-state index contributed by atoms with van der Waals surface area (Å²) in [6, 6.07) is 5.33. The molecular formula is C14H20F3NO2S. The van der Waals surface area contributed by atoms with E-state index in [4.69, 9.17) is 15.2 Å². The molecule has 0 aliphatic rings. The zero-order valence-corrected chi connectivity index (χ0v) is 12.9. The zero-order valence-electron chi connectivity index (χ0n) is 12.1. The molecule has 0 aliphatic carbocycles. The third-order valence-corrected chi connectivity index (χ3v) is 3.20. The molecule has 120 valence electrons. The molecule has 1 atom stereocenters. The van der Waals surface area contributed by atoms with Gasteiger partial charge in [0.2, 0.25) is 0 Å². The minimum absolute atomic E-state index is 0.0415. The quantitative estimate of drug-likeness (QED) is 0.742. The van der Waals surface area contributed by atoms with Gasteiger partial charge in [-0.15, -0.1) is 0 Å². The summed E-state index contributed by atoms with van der Waals surface area (Å²) >= 11 is -0.0987. The first-order valence-electron chi connectivity index (χ1n) is 6.67. The van der Waals surface area contributed by atoms with Gasteiger partial charge in [-0.25, -0.2) is 0 Å². The van der Waals surface area contributed by atoms with Crippen molar-refractivity contribution in [3.63, 3.8) is 0 Å². The lowest BCUT2D eigenvalue weighted by Gasteiger charge is -2.17. The average Bonchev–Trinajstić information content (AvgIpc) is 2.35. The van der Waals surface area contributed by atoms with Gasteiger partial charge in [0, 0.05) is 11.8 Å². The summed E-state index contributed by atoms with van der Waals surface area (Å²) < 4.78 is 47.3. The number of halogens is 3. The van der Waals surface area contributed by atoms with Crippen LogP contribution in [0.3, 0.4) is 0 Å². The fourth-order valence-electron chi connectivity index (χ4n) is 1.80. The number of ether oxygens (including phenoxy) is 2. The maximum atomic E-state index is 12.1. The van der Waals surface area contributed by atoms with E-state index in [2.05, 4.69) is 0 Å². The van der Waals surface area contributed by atoms with Crippen LogP contribution in [0.4, 0.5) is 13.2 Å². The number of para-hydroxylation sites is 1. The Bertz CT molecular complexity index is 439. The van der Waals surface area contributed by atoms with Gasteiger partial charge in [0.25, 0.3) is 0 Å². The highest BCUT2D eigenvalue weighted by Crippen LogP contribution is 2.33. The largest absolute Gasteiger partial charge is 0.490 e. The molecule has 0 fully saturated rings. The van der Waals surface area contributed by atoms with Crippen molar-refractivity contribution >= 4 is 11.8 Å². The first kappa shape index (κ1) is 18.0. The third kappa shape index (κ3) is 6.95. The lowest BCUT2D eigenvalue weighted by atomic mass is 10.1. The molecule has 1 unspecified atom stereocenters. The standard InChI is InChI=1S/C14H20F3NO2S/c1-3-19-12-6-4-5-11(9-10(2)18)13(12)20-7-8-21-14(15,16)17/h4-6,10H,3,7-9,18H2,1-2H3. The predicted octanol–water partition coefficient (Wildman–Crippen LogP) is 3.61. The third-order valence-electron chi connectivity index (χ3n) is 2.50. The second-order valence-electron chi connectivity index (χ2n) is 4.50. The van der Waals surface area contributed by atoms with E-state index in [-0.39, 0.29) is 30.2 Å². The smallest absolute Gasteiger partial charge is 0.441 e. The first-order chi connectivity index (χ1) is 9.83. The highest BCUT2D eigenvalue weighted by molar-refractivity contribution is 8.00. The van der Waals surface area contributed by atoms with Crippen LogP contribution in [0.1, 0.15) is 19.4 Å². The van der Waals surface area contributed by atoms with E-state index in [0.29, 0.717) is 24.5 Å². The van der Waals surface area contributed by atoms with Crippen molar-refractivity contribution in [3.05, 3.63) is 23.8 Å². The van der Waals surface area contributed by atoms with E-state index in [1.165, 1.54) is 0 Å².